The van der Waals surface area contributed by atoms with Crippen LogP contribution in [0, 0.1) is 5.92 Å². The molecule has 0 aliphatic carbocycles. The standard InChI is InChI=1S/C10H13NOS2/c12-10(9-2-1-4-14-9)11-6-8-3-5-13-7-8/h1-2,4,8H,3,5-7H2,(H,11,12). The lowest BCUT2D eigenvalue weighted by molar-refractivity contribution is 0.0952. The van der Waals surface area contributed by atoms with Crippen LogP contribution in [0.2, 0.25) is 0 Å². The third kappa shape index (κ3) is 2.51. The number of hydrogen-bond donors (Lipinski definition) is 1. The van der Waals surface area contributed by atoms with Gasteiger partial charge >= 0.3 is 0 Å². The maximum absolute atomic E-state index is 11.6. The minimum absolute atomic E-state index is 0.0805. The normalized spacial score (nSPS) is 21.0. The molecular weight excluding hydrogens is 214 g/mol. The zero-order valence-electron chi connectivity index (χ0n) is 7.86. The first-order valence-corrected chi connectivity index (χ1v) is 6.79. The molecule has 4 heteroatoms. The van der Waals surface area contributed by atoms with Gasteiger partial charge in [0.25, 0.3) is 5.91 Å². The van der Waals surface area contributed by atoms with Crippen molar-refractivity contribution < 1.29 is 4.79 Å². The zero-order chi connectivity index (χ0) is 9.80. The van der Waals surface area contributed by atoms with Gasteiger partial charge in [-0.2, -0.15) is 11.8 Å². The van der Waals surface area contributed by atoms with Crippen LogP contribution in [0.4, 0.5) is 0 Å². The SMILES string of the molecule is O=C(NCC1CCSC1)c1cccs1. The number of hydrogen-bond acceptors (Lipinski definition) is 3. The summed E-state index contributed by atoms with van der Waals surface area (Å²) in [7, 11) is 0. The Bertz CT molecular complexity index is 291. The molecule has 2 heterocycles. The van der Waals surface area contributed by atoms with Gasteiger partial charge in [-0.05, 0) is 35.3 Å². The highest BCUT2D eigenvalue weighted by Gasteiger charge is 2.16. The lowest BCUT2D eigenvalue weighted by atomic mass is 10.1. The van der Waals surface area contributed by atoms with Crippen molar-refractivity contribution in [3.8, 4) is 0 Å². The van der Waals surface area contributed by atoms with Crippen molar-refractivity contribution in [2.75, 3.05) is 18.1 Å². The number of nitrogens with one attached hydrogen (secondary N) is 1. The van der Waals surface area contributed by atoms with Crippen LogP contribution in [0.3, 0.4) is 0 Å². The second-order valence-corrected chi connectivity index (χ2v) is 5.51. The Morgan fingerprint density at radius 3 is 3.21 bits per heavy atom. The molecule has 1 aliphatic heterocycles. The first-order chi connectivity index (χ1) is 6.86. The van der Waals surface area contributed by atoms with Crippen LogP contribution in [-0.4, -0.2) is 24.0 Å². The molecular formula is C10H13NOS2. The van der Waals surface area contributed by atoms with E-state index in [2.05, 4.69) is 5.32 Å². The first-order valence-electron chi connectivity index (χ1n) is 4.75. The quantitative estimate of drug-likeness (QED) is 0.858. The van der Waals surface area contributed by atoms with Gasteiger partial charge in [-0.1, -0.05) is 6.07 Å². The Labute approximate surface area is 92.1 Å². The molecule has 1 aliphatic rings. The fourth-order valence-corrected chi connectivity index (χ4v) is 3.40. The molecule has 0 bridgehead atoms. The third-order valence-electron chi connectivity index (χ3n) is 2.32. The number of thiophene rings is 1. The Morgan fingerprint density at radius 2 is 2.57 bits per heavy atom. The molecule has 2 nitrogen and oxygen atoms in total. The second-order valence-electron chi connectivity index (χ2n) is 3.42. The van der Waals surface area contributed by atoms with Crippen molar-refractivity contribution in [3.05, 3.63) is 22.4 Å². The lowest BCUT2D eigenvalue weighted by Crippen LogP contribution is -2.28. The first kappa shape index (κ1) is 10.1. The molecule has 1 N–H and O–H groups in total. The van der Waals surface area contributed by atoms with Crippen molar-refractivity contribution in [1.29, 1.82) is 0 Å². The van der Waals surface area contributed by atoms with Crippen molar-refractivity contribution in [1.82, 2.24) is 5.32 Å². The summed E-state index contributed by atoms with van der Waals surface area (Å²) in [6.45, 7) is 0.837. The molecule has 0 saturated carbocycles. The van der Waals surface area contributed by atoms with Crippen molar-refractivity contribution in [2.45, 2.75) is 6.42 Å². The van der Waals surface area contributed by atoms with Crippen LogP contribution in [0.1, 0.15) is 16.1 Å². The Balaban J connectivity index is 1.78. The molecule has 1 aromatic rings. The van der Waals surface area contributed by atoms with E-state index in [0.29, 0.717) is 5.92 Å². The average Bonchev–Trinajstić information content (AvgIpc) is 2.87. The van der Waals surface area contributed by atoms with E-state index in [1.54, 1.807) is 0 Å². The summed E-state index contributed by atoms with van der Waals surface area (Å²) < 4.78 is 0. The monoisotopic (exact) mass is 227 g/mol. The van der Waals surface area contributed by atoms with Gasteiger partial charge in [0.2, 0.25) is 0 Å². The van der Waals surface area contributed by atoms with Gasteiger partial charge in [0.15, 0.2) is 0 Å². The predicted octanol–water partition coefficient (Wildman–Crippen LogP) is 2.23. The second kappa shape index (κ2) is 4.84. The van der Waals surface area contributed by atoms with Gasteiger partial charge in [0.05, 0.1) is 4.88 Å². The molecule has 14 heavy (non-hydrogen) atoms. The highest BCUT2D eigenvalue weighted by atomic mass is 32.2. The van der Waals surface area contributed by atoms with Crippen molar-refractivity contribution in [2.24, 2.45) is 5.92 Å². The lowest BCUT2D eigenvalue weighted by Gasteiger charge is -2.08. The maximum Gasteiger partial charge on any atom is 0.261 e. The molecule has 1 unspecified atom stereocenters. The highest BCUT2D eigenvalue weighted by Crippen LogP contribution is 2.22. The van der Waals surface area contributed by atoms with Gasteiger partial charge < -0.3 is 5.32 Å². The Kier molecular flexibility index (Phi) is 3.48. The van der Waals surface area contributed by atoms with Crippen LogP contribution in [-0.2, 0) is 0 Å². The zero-order valence-corrected chi connectivity index (χ0v) is 9.50. The van der Waals surface area contributed by atoms with Gasteiger partial charge in [-0.3, -0.25) is 4.79 Å². The van der Waals surface area contributed by atoms with E-state index < -0.39 is 0 Å². The van der Waals surface area contributed by atoms with Crippen molar-refractivity contribution >= 4 is 29.0 Å². The van der Waals surface area contributed by atoms with E-state index in [9.17, 15) is 4.79 Å². The fraction of sp³-hybridized carbons (Fsp3) is 0.500. The van der Waals surface area contributed by atoms with E-state index in [1.165, 1.54) is 29.3 Å². The minimum atomic E-state index is 0.0805. The van der Waals surface area contributed by atoms with Crippen LogP contribution in [0.25, 0.3) is 0 Å². The van der Waals surface area contributed by atoms with Gasteiger partial charge in [-0.15, -0.1) is 11.3 Å². The molecule has 0 radical (unpaired) electrons. The summed E-state index contributed by atoms with van der Waals surface area (Å²) in [4.78, 5) is 12.4. The number of amides is 1. The van der Waals surface area contributed by atoms with Crippen LogP contribution < -0.4 is 5.32 Å². The summed E-state index contributed by atoms with van der Waals surface area (Å²) in [5.41, 5.74) is 0. The van der Waals surface area contributed by atoms with Gasteiger partial charge in [0, 0.05) is 6.54 Å². The van der Waals surface area contributed by atoms with E-state index in [-0.39, 0.29) is 5.91 Å². The number of carbonyl (C=O) groups is 1. The molecule has 1 amide bonds. The summed E-state index contributed by atoms with van der Waals surface area (Å²) in [6.07, 6.45) is 1.25. The van der Waals surface area contributed by atoms with Gasteiger partial charge in [-0.25, -0.2) is 0 Å². The topological polar surface area (TPSA) is 29.1 Å². The number of carbonyl (C=O) groups excluding carboxylic acids is 1. The molecule has 2 rings (SSSR count). The van der Waals surface area contributed by atoms with E-state index in [0.717, 1.165) is 11.4 Å². The minimum Gasteiger partial charge on any atom is -0.351 e. The van der Waals surface area contributed by atoms with E-state index in [1.807, 2.05) is 29.3 Å². The van der Waals surface area contributed by atoms with Crippen LogP contribution in [0.15, 0.2) is 17.5 Å². The fourth-order valence-electron chi connectivity index (χ4n) is 1.48. The molecule has 76 valence electrons. The Morgan fingerprint density at radius 1 is 1.64 bits per heavy atom. The molecule has 1 fully saturated rings. The predicted molar refractivity (Wildman–Crippen MR) is 62.1 cm³/mol. The molecule has 0 spiro atoms. The van der Waals surface area contributed by atoms with E-state index in [4.69, 9.17) is 0 Å². The summed E-state index contributed by atoms with van der Waals surface area (Å²) >= 11 is 3.48. The summed E-state index contributed by atoms with van der Waals surface area (Å²) in [6, 6.07) is 3.77. The largest absolute Gasteiger partial charge is 0.351 e. The molecule has 1 saturated heterocycles. The Hall–Kier alpha value is -0.480. The number of rotatable bonds is 3. The average molecular weight is 227 g/mol. The van der Waals surface area contributed by atoms with Gasteiger partial charge in [0.1, 0.15) is 0 Å². The smallest absolute Gasteiger partial charge is 0.261 e. The van der Waals surface area contributed by atoms with E-state index >= 15 is 0 Å². The molecule has 1 aromatic heterocycles. The van der Waals surface area contributed by atoms with Crippen molar-refractivity contribution in [3.63, 3.8) is 0 Å². The maximum atomic E-state index is 11.6. The molecule has 1 atom stereocenters. The number of thioether (sulfide) groups is 1. The van der Waals surface area contributed by atoms with Crippen LogP contribution >= 0.6 is 23.1 Å². The molecule has 0 aromatic carbocycles. The van der Waals surface area contributed by atoms with Crippen LogP contribution in [0.5, 0.6) is 0 Å². The summed E-state index contributed by atoms with van der Waals surface area (Å²) in [5.74, 6) is 3.21. The third-order valence-corrected chi connectivity index (χ3v) is 4.42. The summed E-state index contributed by atoms with van der Waals surface area (Å²) in [5, 5.41) is 4.92. The highest BCUT2D eigenvalue weighted by molar-refractivity contribution is 7.99.